The van der Waals surface area contributed by atoms with Crippen LogP contribution in [0.15, 0.2) is 12.1 Å². The molecule has 1 aliphatic heterocycles. The van der Waals surface area contributed by atoms with Crippen LogP contribution >= 0.6 is 11.6 Å². The van der Waals surface area contributed by atoms with Crippen molar-refractivity contribution in [2.75, 3.05) is 20.2 Å². The lowest BCUT2D eigenvalue weighted by Gasteiger charge is -2.23. The molecule has 1 heterocycles. The maximum absolute atomic E-state index is 13.4. The molecule has 0 atom stereocenters. The highest BCUT2D eigenvalue weighted by Crippen LogP contribution is 2.32. The summed E-state index contributed by atoms with van der Waals surface area (Å²) in [4.78, 5) is 0. The SMILES string of the molecule is COc1cc(F)cc(CC2CCNCC2)c1Cl. The normalized spacial score (nSPS) is 17.1. The third-order valence-corrected chi connectivity index (χ3v) is 3.70. The van der Waals surface area contributed by atoms with Crippen LogP contribution in [0, 0.1) is 11.7 Å². The Hall–Kier alpha value is -0.800. The fourth-order valence-corrected chi connectivity index (χ4v) is 2.58. The van der Waals surface area contributed by atoms with E-state index in [4.69, 9.17) is 16.3 Å². The monoisotopic (exact) mass is 257 g/mol. The molecule has 0 bridgehead atoms. The Labute approximate surface area is 106 Å². The summed E-state index contributed by atoms with van der Waals surface area (Å²) in [6.45, 7) is 2.07. The summed E-state index contributed by atoms with van der Waals surface area (Å²) in [5.74, 6) is 0.728. The van der Waals surface area contributed by atoms with E-state index in [1.807, 2.05) is 0 Å². The summed E-state index contributed by atoms with van der Waals surface area (Å²) in [5, 5.41) is 3.87. The second-order valence-electron chi connectivity index (χ2n) is 4.48. The molecule has 2 rings (SSSR count). The molecule has 2 nitrogen and oxygen atoms in total. The van der Waals surface area contributed by atoms with Crippen LogP contribution in [-0.4, -0.2) is 20.2 Å². The molecule has 1 aromatic carbocycles. The van der Waals surface area contributed by atoms with E-state index in [-0.39, 0.29) is 5.82 Å². The number of rotatable bonds is 3. The number of methoxy groups -OCH3 is 1. The van der Waals surface area contributed by atoms with Crippen LogP contribution < -0.4 is 10.1 Å². The average Bonchev–Trinajstić information content (AvgIpc) is 2.34. The number of ether oxygens (including phenoxy) is 1. The maximum atomic E-state index is 13.4. The van der Waals surface area contributed by atoms with Crippen LogP contribution in [0.1, 0.15) is 18.4 Å². The molecule has 0 saturated carbocycles. The van der Waals surface area contributed by atoms with Crippen molar-refractivity contribution < 1.29 is 9.13 Å². The first kappa shape index (κ1) is 12.7. The summed E-state index contributed by atoms with van der Waals surface area (Å²) in [5.41, 5.74) is 0.857. The standard InChI is InChI=1S/C13H17ClFNO/c1-17-12-8-11(15)7-10(13(12)14)6-9-2-4-16-5-3-9/h7-9,16H,2-6H2,1H3. The van der Waals surface area contributed by atoms with Gasteiger partial charge in [0, 0.05) is 6.07 Å². The van der Waals surface area contributed by atoms with Crippen molar-refractivity contribution in [3.05, 3.63) is 28.5 Å². The molecule has 17 heavy (non-hydrogen) atoms. The van der Waals surface area contributed by atoms with Crippen molar-refractivity contribution in [2.24, 2.45) is 5.92 Å². The lowest BCUT2D eigenvalue weighted by molar-refractivity contribution is 0.370. The van der Waals surface area contributed by atoms with Gasteiger partial charge in [0.1, 0.15) is 11.6 Å². The third kappa shape index (κ3) is 3.11. The fraction of sp³-hybridized carbons (Fsp3) is 0.538. The quantitative estimate of drug-likeness (QED) is 0.899. The van der Waals surface area contributed by atoms with Crippen molar-refractivity contribution in [3.63, 3.8) is 0 Å². The van der Waals surface area contributed by atoms with Gasteiger partial charge in [0.05, 0.1) is 12.1 Å². The third-order valence-electron chi connectivity index (χ3n) is 3.27. The molecule has 0 aromatic heterocycles. The molecule has 1 fully saturated rings. The van der Waals surface area contributed by atoms with E-state index in [0.717, 1.165) is 37.9 Å². The number of hydrogen-bond donors (Lipinski definition) is 1. The molecule has 1 saturated heterocycles. The lowest BCUT2D eigenvalue weighted by Crippen LogP contribution is -2.28. The molecule has 1 aliphatic rings. The van der Waals surface area contributed by atoms with Crippen molar-refractivity contribution in [1.29, 1.82) is 0 Å². The summed E-state index contributed by atoms with van der Waals surface area (Å²) in [6.07, 6.45) is 3.07. The Morgan fingerprint density at radius 2 is 2.12 bits per heavy atom. The van der Waals surface area contributed by atoms with Crippen molar-refractivity contribution in [1.82, 2.24) is 5.32 Å². The summed E-state index contributed by atoms with van der Waals surface area (Å²) in [6, 6.07) is 2.85. The highest BCUT2D eigenvalue weighted by Gasteiger charge is 2.17. The first-order chi connectivity index (χ1) is 8.20. The Kier molecular flexibility index (Phi) is 4.24. The van der Waals surface area contributed by atoms with E-state index >= 15 is 0 Å². The molecule has 0 unspecified atom stereocenters. The average molecular weight is 258 g/mol. The molecule has 1 N–H and O–H groups in total. The maximum Gasteiger partial charge on any atom is 0.140 e. The van der Waals surface area contributed by atoms with Gasteiger partial charge in [0.15, 0.2) is 0 Å². The van der Waals surface area contributed by atoms with Gasteiger partial charge in [0.2, 0.25) is 0 Å². The largest absolute Gasteiger partial charge is 0.495 e. The Morgan fingerprint density at radius 3 is 2.76 bits per heavy atom. The number of benzene rings is 1. The lowest BCUT2D eigenvalue weighted by atomic mass is 9.91. The second-order valence-corrected chi connectivity index (χ2v) is 4.86. The van der Waals surface area contributed by atoms with Crippen LogP contribution in [0.3, 0.4) is 0 Å². The zero-order valence-electron chi connectivity index (χ0n) is 9.93. The second kappa shape index (κ2) is 5.69. The molecule has 94 valence electrons. The topological polar surface area (TPSA) is 21.3 Å². The molecule has 4 heteroatoms. The van der Waals surface area contributed by atoms with E-state index < -0.39 is 0 Å². The first-order valence-corrected chi connectivity index (χ1v) is 6.31. The number of piperidine rings is 1. The molecule has 0 aliphatic carbocycles. The molecule has 0 radical (unpaired) electrons. The van der Waals surface area contributed by atoms with Crippen LogP contribution in [0.5, 0.6) is 5.75 Å². The van der Waals surface area contributed by atoms with Crippen molar-refractivity contribution in [3.8, 4) is 5.75 Å². The Balaban J connectivity index is 2.16. The predicted molar refractivity (Wildman–Crippen MR) is 67.3 cm³/mol. The number of nitrogens with one attached hydrogen (secondary N) is 1. The van der Waals surface area contributed by atoms with Crippen LogP contribution in [0.25, 0.3) is 0 Å². The van der Waals surface area contributed by atoms with Crippen molar-refractivity contribution in [2.45, 2.75) is 19.3 Å². The van der Waals surface area contributed by atoms with E-state index in [1.54, 1.807) is 0 Å². The molecular weight excluding hydrogens is 241 g/mol. The Morgan fingerprint density at radius 1 is 1.41 bits per heavy atom. The Bertz CT molecular complexity index is 391. The molecular formula is C13H17ClFNO. The van der Waals surface area contributed by atoms with Gasteiger partial charge in [-0.2, -0.15) is 0 Å². The summed E-state index contributed by atoms with van der Waals surface area (Å²) < 4.78 is 18.5. The van der Waals surface area contributed by atoms with Gasteiger partial charge in [0.25, 0.3) is 0 Å². The van der Waals surface area contributed by atoms with E-state index in [0.29, 0.717) is 16.7 Å². The van der Waals surface area contributed by atoms with Gasteiger partial charge in [-0.05, 0) is 49.9 Å². The minimum absolute atomic E-state index is 0.282. The summed E-state index contributed by atoms with van der Waals surface area (Å²) in [7, 11) is 1.51. The van der Waals surface area contributed by atoms with Gasteiger partial charge in [-0.25, -0.2) is 4.39 Å². The molecule has 0 spiro atoms. The zero-order chi connectivity index (χ0) is 12.3. The first-order valence-electron chi connectivity index (χ1n) is 5.93. The van der Waals surface area contributed by atoms with Crippen LogP contribution in [-0.2, 0) is 6.42 Å². The highest BCUT2D eigenvalue weighted by molar-refractivity contribution is 6.32. The van der Waals surface area contributed by atoms with Crippen LogP contribution in [0.2, 0.25) is 5.02 Å². The van der Waals surface area contributed by atoms with Gasteiger partial charge < -0.3 is 10.1 Å². The minimum Gasteiger partial charge on any atom is -0.495 e. The van der Waals surface area contributed by atoms with Gasteiger partial charge in [-0.15, -0.1) is 0 Å². The van der Waals surface area contributed by atoms with E-state index in [1.165, 1.54) is 19.2 Å². The van der Waals surface area contributed by atoms with E-state index in [9.17, 15) is 4.39 Å². The highest BCUT2D eigenvalue weighted by atomic mass is 35.5. The van der Waals surface area contributed by atoms with Gasteiger partial charge >= 0.3 is 0 Å². The van der Waals surface area contributed by atoms with Gasteiger partial charge in [-0.3, -0.25) is 0 Å². The minimum atomic E-state index is -0.282. The van der Waals surface area contributed by atoms with Gasteiger partial charge in [-0.1, -0.05) is 11.6 Å². The fourth-order valence-electron chi connectivity index (χ4n) is 2.31. The smallest absolute Gasteiger partial charge is 0.140 e. The molecule has 0 amide bonds. The zero-order valence-corrected chi connectivity index (χ0v) is 10.7. The number of halogens is 2. The summed E-state index contributed by atoms with van der Waals surface area (Å²) >= 11 is 6.19. The van der Waals surface area contributed by atoms with E-state index in [2.05, 4.69) is 5.32 Å². The molecule has 1 aromatic rings. The van der Waals surface area contributed by atoms with Crippen molar-refractivity contribution >= 4 is 11.6 Å². The predicted octanol–water partition coefficient (Wildman–Crippen LogP) is 3.03. The number of hydrogen-bond acceptors (Lipinski definition) is 2. The van der Waals surface area contributed by atoms with Crippen LogP contribution in [0.4, 0.5) is 4.39 Å².